The van der Waals surface area contributed by atoms with Gasteiger partial charge in [0, 0.05) is 22.6 Å². The van der Waals surface area contributed by atoms with Gasteiger partial charge in [-0.3, -0.25) is 0 Å². The third kappa shape index (κ3) is 4.04. The number of aromatic nitrogens is 4. The number of thiazole rings is 1. The maximum Gasteiger partial charge on any atom is 0.245 e. The van der Waals surface area contributed by atoms with Crippen molar-refractivity contribution in [2.24, 2.45) is 11.3 Å². The lowest BCUT2D eigenvalue weighted by Gasteiger charge is -2.51. The summed E-state index contributed by atoms with van der Waals surface area (Å²) in [6, 6.07) is 7.34. The molecule has 3 aromatic rings. The van der Waals surface area contributed by atoms with E-state index in [1.165, 1.54) is 24.0 Å². The van der Waals surface area contributed by atoms with Crippen LogP contribution in [0.1, 0.15) is 56.7 Å². The number of rotatable bonds is 5. The van der Waals surface area contributed by atoms with Crippen LogP contribution in [0.4, 0.5) is 10.3 Å². The second-order valence-electron chi connectivity index (χ2n) is 10.5. The highest BCUT2D eigenvalue weighted by Gasteiger charge is 2.52. The van der Waals surface area contributed by atoms with E-state index in [-0.39, 0.29) is 23.2 Å². The summed E-state index contributed by atoms with van der Waals surface area (Å²) in [5, 5.41) is 29.1. The number of phenols is 1. The quantitative estimate of drug-likeness (QED) is 0.503. The van der Waals surface area contributed by atoms with Crippen LogP contribution in [0, 0.1) is 22.7 Å². The number of hydrogen-bond donors (Lipinski definition) is 1. The number of benzene rings is 1. The van der Waals surface area contributed by atoms with Gasteiger partial charge in [0.25, 0.3) is 0 Å². The Morgan fingerprint density at radius 3 is 2.74 bits per heavy atom. The summed E-state index contributed by atoms with van der Waals surface area (Å²) in [5.41, 5.74) is 1.43. The molecule has 2 bridgehead atoms. The normalized spacial score (nSPS) is 27.9. The monoisotopic (exact) mass is 490 g/mol. The maximum absolute atomic E-state index is 15.9. The number of phenolic OH excluding ortho intramolecular Hbond substituents is 1. The molecule has 180 valence electrons. The SMILES string of the molecule is C[C@@]12CCC[C@H](C[C@H](N(c3ncc(-c4ccc(-c5ncc(C#N)s5)cc4O)nn3)C3CC3)[C@@H]1F)C2. The van der Waals surface area contributed by atoms with E-state index < -0.39 is 6.17 Å². The second kappa shape index (κ2) is 8.52. The number of anilines is 1. The van der Waals surface area contributed by atoms with Crippen molar-refractivity contribution in [3.05, 3.63) is 35.5 Å². The van der Waals surface area contributed by atoms with Gasteiger partial charge in [-0.25, -0.2) is 14.4 Å². The average molecular weight is 491 g/mol. The van der Waals surface area contributed by atoms with Crippen LogP contribution in [0.3, 0.4) is 0 Å². The summed E-state index contributed by atoms with van der Waals surface area (Å²) < 4.78 is 15.9. The molecule has 6 rings (SSSR count). The molecule has 3 saturated carbocycles. The van der Waals surface area contributed by atoms with Crippen LogP contribution in [0.15, 0.2) is 30.6 Å². The Bertz CT molecular complexity index is 1290. The summed E-state index contributed by atoms with van der Waals surface area (Å²) in [4.78, 5) is 11.5. The van der Waals surface area contributed by atoms with Gasteiger partial charge in [-0.2, -0.15) is 5.26 Å². The Kier molecular flexibility index (Phi) is 5.44. The molecule has 2 heterocycles. The van der Waals surface area contributed by atoms with Crippen molar-refractivity contribution in [3.63, 3.8) is 0 Å². The van der Waals surface area contributed by atoms with Crippen LogP contribution >= 0.6 is 11.3 Å². The lowest BCUT2D eigenvalue weighted by molar-refractivity contribution is -0.0127. The minimum atomic E-state index is -0.896. The fraction of sp³-hybridized carbons (Fsp3) is 0.500. The minimum absolute atomic E-state index is 0.0379. The van der Waals surface area contributed by atoms with Crippen molar-refractivity contribution in [1.82, 2.24) is 20.2 Å². The number of fused-ring (bicyclic) bond motifs is 2. The Balaban J connectivity index is 1.26. The van der Waals surface area contributed by atoms with Crippen LogP contribution in [0.5, 0.6) is 5.75 Å². The van der Waals surface area contributed by atoms with Gasteiger partial charge in [-0.15, -0.1) is 21.5 Å². The van der Waals surface area contributed by atoms with Gasteiger partial charge in [0.05, 0.1) is 18.4 Å². The highest BCUT2D eigenvalue weighted by molar-refractivity contribution is 7.15. The van der Waals surface area contributed by atoms with Crippen LogP contribution in [-0.4, -0.2) is 43.5 Å². The van der Waals surface area contributed by atoms with Gasteiger partial charge in [0.15, 0.2) is 0 Å². The van der Waals surface area contributed by atoms with Gasteiger partial charge in [-0.05, 0) is 50.2 Å². The van der Waals surface area contributed by atoms with Gasteiger partial charge in [-0.1, -0.05) is 25.8 Å². The highest BCUT2D eigenvalue weighted by Crippen LogP contribution is 2.52. The van der Waals surface area contributed by atoms with E-state index in [9.17, 15) is 5.11 Å². The van der Waals surface area contributed by atoms with Crippen molar-refractivity contribution >= 4 is 17.3 Å². The molecule has 1 aromatic carbocycles. The highest BCUT2D eigenvalue weighted by atomic mass is 32.1. The zero-order valence-corrected chi connectivity index (χ0v) is 20.4. The lowest BCUT2D eigenvalue weighted by Crippen LogP contribution is -2.56. The van der Waals surface area contributed by atoms with Gasteiger partial charge in [0.1, 0.15) is 33.6 Å². The first kappa shape index (κ1) is 22.4. The van der Waals surface area contributed by atoms with Crippen molar-refractivity contribution < 1.29 is 9.50 Å². The zero-order chi connectivity index (χ0) is 24.2. The van der Waals surface area contributed by atoms with Crippen LogP contribution in [-0.2, 0) is 0 Å². The maximum atomic E-state index is 15.9. The zero-order valence-electron chi connectivity index (χ0n) is 19.6. The molecule has 0 amide bonds. The first-order valence-electron chi connectivity index (χ1n) is 12.3. The van der Waals surface area contributed by atoms with E-state index in [1.807, 2.05) is 6.07 Å². The molecule has 3 aliphatic rings. The minimum Gasteiger partial charge on any atom is -0.507 e. The predicted molar refractivity (Wildman–Crippen MR) is 132 cm³/mol. The summed E-state index contributed by atoms with van der Waals surface area (Å²) in [7, 11) is 0. The number of aromatic hydroxyl groups is 1. The second-order valence-corrected chi connectivity index (χ2v) is 11.5. The topological polar surface area (TPSA) is 98.8 Å². The van der Waals surface area contributed by atoms with Crippen LogP contribution in [0.2, 0.25) is 0 Å². The number of hydrogen-bond acceptors (Lipinski definition) is 8. The average Bonchev–Trinajstić information content (AvgIpc) is 3.57. The summed E-state index contributed by atoms with van der Waals surface area (Å²) in [6.45, 7) is 2.11. The van der Waals surface area contributed by atoms with Gasteiger partial charge in [0.2, 0.25) is 5.95 Å². The largest absolute Gasteiger partial charge is 0.507 e. The number of alkyl halides is 1. The smallest absolute Gasteiger partial charge is 0.245 e. The number of halogens is 1. The van der Waals surface area contributed by atoms with E-state index in [1.54, 1.807) is 18.3 Å². The van der Waals surface area contributed by atoms with Crippen molar-refractivity contribution in [2.75, 3.05) is 4.90 Å². The van der Waals surface area contributed by atoms with Crippen LogP contribution in [0.25, 0.3) is 21.8 Å². The molecular weight excluding hydrogens is 463 g/mol. The number of nitrogens with zero attached hydrogens (tertiary/aromatic N) is 6. The molecule has 1 N–H and O–H groups in total. The summed E-state index contributed by atoms with van der Waals surface area (Å²) in [5.74, 6) is 1.09. The molecule has 3 aliphatic carbocycles. The summed E-state index contributed by atoms with van der Waals surface area (Å²) >= 11 is 1.27. The molecule has 4 atom stereocenters. The molecule has 0 spiro atoms. The molecule has 0 saturated heterocycles. The molecule has 0 unspecified atom stereocenters. The molecule has 35 heavy (non-hydrogen) atoms. The molecular formula is C26H27FN6OS. The Morgan fingerprint density at radius 2 is 2.06 bits per heavy atom. The third-order valence-electron chi connectivity index (χ3n) is 7.91. The Hall–Kier alpha value is -3.12. The molecule has 3 fully saturated rings. The van der Waals surface area contributed by atoms with E-state index in [2.05, 4.69) is 38.1 Å². The molecule has 7 nitrogen and oxygen atoms in total. The standard InChI is InChI=1S/C26H27FN6OS/c1-26-8-2-3-15(11-26)9-21(23(26)27)33(17-5-6-17)25-30-14-20(31-32-25)19-7-4-16(10-22(19)34)24-29-13-18(12-28)35-24/h4,7,10,13-15,17,21,23,34H,2-3,5-6,8-9,11H2,1H3/t15-,21+,23+,26+/m1/s1. The molecule has 9 heteroatoms. The van der Waals surface area contributed by atoms with E-state index in [4.69, 9.17) is 5.26 Å². The number of nitriles is 1. The van der Waals surface area contributed by atoms with Crippen molar-refractivity contribution in [2.45, 2.75) is 70.1 Å². The third-order valence-corrected chi connectivity index (χ3v) is 8.86. The predicted octanol–water partition coefficient (Wildman–Crippen LogP) is 5.52. The van der Waals surface area contributed by atoms with Crippen LogP contribution < -0.4 is 4.90 Å². The summed E-state index contributed by atoms with van der Waals surface area (Å²) in [6.07, 6.45) is 9.38. The van der Waals surface area contributed by atoms with Crippen molar-refractivity contribution in [1.29, 1.82) is 5.26 Å². The molecule has 0 aliphatic heterocycles. The molecule has 2 aromatic heterocycles. The lowest BCUT2D eigenvalue weighted by atomic mass is 9.60. The van der Waals surface area contributed by atoms with Crippen molar-refractivity contribution in [3.8, 4) is 33.6 Å². The van der Waals surface area contributed by atoms with Gasteiger partial charge >= 0.3 is 0 Å². The first-order chi connectivity index (χ1) is 16.9. The first-order valence-corrected chi connectivity index (χ1v) is 13.1. The fourth-order valence-electron chi connectivity index (χ4n) is 6.08. The Labute approximate surface area is 207 Å². The fourth-order valence-corrected chi connectivity index (χ4v) is 6.79. The van der Waals surface area contributed by atoms with E-state index >= 15 is 4.39 Å². The molecule has 0 radical (unpaired) electrons. The Morgan fingerprint density at radius 1 is 1.20 bits per heavy atom. The van der Waals surface area contributed by atoms with E-state index in [0.717, 1.165) is 44.1 Å². The van der Waals surface area contributed by atoms with E-state index in [0.29, 0.717) is 33.0 Å². The van der Waals surface area contributed by atoms with Gasteiger partial charge < -0.3 is 10.0 Å².